The smallest absolute Gasteiger partial charge is 0.273 e. The van der Waals surface area contributed by atoms with Gasteiger partial charge >= 0.3 is 0 Å². The zero-order valence-corrected chi connectivity index (χ0v) is 10.9. The Morgan fingerprint density at radius 1 is 0.727 bits per heavy atom. The monoisotopic (exact) mass is 296 g/mol. The summed E-state index contributed by atoms with van der Waals surface area (Å²) in [4.78, 5) is 29.8. The van der Waals surface area contributed by atoms with E-state index in [9.17, 15) is 0 Å². The van der Waals surface area contributed by atoms with E-state index in [1.165, 1.54) is 12.7 Å². The number of nitrogen functional groups attached to an aromatic ring is 2. The second-order valence-corrected chi connectivity index (χ2v) is 4.22. The maximum Gasteiger partial charge on any atom is 0.273 e. The van der Waals surface area contributed by atoms with Crippen molar-refractivity contribution in [2.45, 2.75) is 0 Å². The van der Waals surface area contributed by atoms with Gasteiger partial charge in [-0.1, -0.05) is 0 Å². The molecule has 0 spiro atoms. The third-order valence-corrected chi connectivity index (χ3v) is 2.83. The third-order valence-electron chi connectivity index (χ3n) is 2.83. The minimum absolute atomic E-state index is 0.0430. The van der Waals surface area contributed by atoms with Crippen molar-refractivity contribution in [3.63, 3.8) is 0 Å². The van der Waals surface area contributed by atoms with E-state index in [0.29, 0.717) is 22.3 Å². The van der Waals surface area contributed by atoms with Crippen LogP contribution in [0.2, 0.25) is 0 Å². The quantitative estimate of drug-likeness (QED) is 0.387. The number of H-pyrrole nitrogens is 2. The second-order valence-electron chi connectivity index (χ2n) is 4.22. The molecule has 0 aliphatic rings. The molecule has 0 amide bonds. The predicted octanol–water partition coefficient (Wildman–Crippen LogP) is 0.599. The predicted molar refractivity (Wildman–Crippen MR) is 76.4 cm³/mol. The highest BCUT2D eigenvalue weighted by Gasteiger charge is 2.08. The van der Waals surface area contributed by atoms with Crippen LogP contribution in [0.4, 0.5) is 23.5 Å². The lowest BCUT2D eigenvalue weighted by Gasteiger charge is -1.97. The molecule has 12 heteroatoms. The molecule has 12 nitrogen and oxygen atoms in total. The fraction of sp³-hybridized carbons (Fsp3) is 0. The lowest BCUT2D eigenvalue weighted by atomic mass is 10.5. The molecule has 6 N–H and O–H groups in total. The molecule has 0 aliphatic carbocycles. The molecule has 4 aromatic heterocycles. The molecule has 108 valence electrons. The first-order chi connectivity index (χ1) is 10.7. The number of aromatic amines is 2. The first kappa shape index (κ1) is 12.1. The van der Waals surface area contributed by atoms with Crippen LogP contribution in [0, 0.1) is 0 Å². The minimum atomic E-state index is 0.0430. The summed E-state index contributed by atoms with van der Waals surface area (Å²) in [5, 5.41) is 7.70. The topological polar surface area (TPSA) is 186 Å². The van der Waals surface area contributed by atoms with E-state index in [1.807, 2.05) is 0 Å². The van der Waals surface area contributed by atoms with Crippen LogP contribution in [0.3, 0.4) is 0 Å². The zero-order chi connectivity index (χ0) is 15.1. The van der Waals surface area contributed by atoms with Crippen molar-refractivity contribution in [2.24, 2.45) is 10.2 Å². The van der Waals surface area contributed by atoms with E-state index in [0.717, 1.165) is 0 Å². The number of nitrogens with one attached hydrogen (secondary N) is 2. The summed E-state index contributed by atoms with van der Waals surface area (Å²) in [6, 6.07) is 0. The Hall–Kier alpha value is -3.70. The number of rotatable bonds is 2. The van der Waals surface area contributed by atoms with Gasteiger partial charge in [-0.25, -0.2) is 9.97 Å². The molecule has 0 unspecified atom stereocenters. The standard InChI is InChI=1S/C10H8N12/c11-5-3-7(15-1-13-3)19-9(17-5)21-22-10-18-6(12)4-8(20-10)16-2-14-4/h1-2H,(H3,11,13,15,17,19)(H3,12,14,16,18,20). The van der Waals surface area contributed by atoms with Crippen molar-refractivity contribution in [3.05, 3.63) is 12.7 Å². The number of azo groups is 1. The van der Waals surface area contributed by atoms with Gasteiger partial charge in [-0.15, -0.1) is 10.2 Å². The number of fused-ring (bicyclic) bond motifs is 2. The SMILES string of the molecule is Nc1nc(N=Nc2nc(N)c3[nH]cnc3n2)nc2nc[nH]c12. The van der Waals surface area contributed by atoms with Crippen LogP contribution in [0.15, 0.2) is 22.9 Å². The van der Waals surface area contributed by atoms with Crippen molar-refractivity contribution in [1.82, 2.24) is 39.9 Å². The molecule has 0 bridgehead atoms. The van der Waals surface area contributed by atoms with Gasteiger partial charge in [0.25, 0.3) is 11.9 Å². The Morgan fingerprint density at radius 3 is 1.64 bits per heavy atom. The summed E-state index contributed by atoms with van der Waals surface area (Å²) in [6.45, 7) is 0. The number of hydrogen-bond acceptors (Lipinski definition) is 10. The molecule has 4 rings (SSSR count). The highest BCUT2D eigenvalue weighted by Crippen LogP contribution is 2.20. The number of imidazole rings is 2. The normalized spacial score (nSPS) is 11.8. The fourth-order valence-electron chi connectivity index (χ4n) is 1.87. The second kappa shape index (κ2) is 4.41. The zero-order valence-electron chi connectivity index (χ0n) is 10.9. The lowest BCUT2D eigenvalue weighted by molar-refractivity contribution is 1.04. The molecule has 0 fully saturated rings. The molecule has 4 heterocycles. The van der Waals surface area contributed by atoms with Crippen molar-refractivity contribution >= 4 is 45.9 Å². The molecule has 0 aromatic carbocycles. The van der Waals surface area contributed by atoms with Crippen LogP contribution in [0.5, 0.6) is 0 Å². The number of aromatic nitrogens is 8. The van der Waals surface area contributed by atoms with Crippen LogP contribution >= 0.6 is 0 Å². The average molecular weight is 296 g/mol. The van der Waals surface area contributed by atoms with Crippen molar-refractivity contribution in [2.75, 3.05) is 11.5 Å². The Morgan fingerprint density at radius 2 is 1.18 bits per heavy atom. The van der Waals surface area contributed by atoms with Gasteiger partial charge in [0.2, 0.25) is 0 Å². The van der Waals surface area contributed by atoms with Crippen molar-refractivity contribution < 1.29 is 0 Å². The van der Waals surface area contributed by atoms with Gasteiger partial charge in [-0.05, 0) is 0 Å². The molecule has 4 aromatic rings. The van der Waals surface area contributed by atoms with Crippen LogP contribution in [-0.2, 0) is 0 Å². The molecule has 22 heavy (non-hydrogen) atoms. The molecular formula is C10H8N12. The summed E-state index contributed by atoms with van der Waals surface area (Å²) < 4.78 is 0. The van der Waals surface area contributed by atoms with Crippen LogP contribution in [0.1, 0.15) is 0 Å². The number of anilines is 2. The maximum atomic E-state index is 5.77. The lowest BCUT2D eigenvalue weighted by Crippen LogP contribution is -1.95. The van der Waals surface area contributed by atoms with Crippen LogP contribution in [0.25, 0.3) is 22.3 Å². The molecule has 0 radical (unpaired) electrons. The largest absolute Gasteiger partial charge is 0.382 e. The van der Waals surface area contributed by atoms with E-state index >= 15 is 0 Å². The minimum Gasteiger partial charge on any atom is -0.382 e. The van der Waals surface area contributed by atoms with Crippen LogP contribution in [-0.4, -0.2) is 39.9 Å². The van der Waals surface area contributed by atoms with Gasteiger partial charge in [0, 0.05) is 0 Å². The van der Waals surface area contributed by atoms with Gasteiger partial charge in [-0.2, -0.15) is 19.9 Å². The van der Waals surface area contributed by atoms with E-state index in [1.54, 1.807) is 0 Å². The molecule has 0 aliphatic heterocycles. The summed E-state index contributed by atoms with van der Waals surface area (Å²) in [7, 11) is 0. The number of nitrogens with zero attached hydrogens (tertiary/aromatic N) is 8. The van der Waals surface area contributed by atoms with Gasteiger partial charge in [0.15, 0.2) is 22.9 Å². The Kier molecular flexibility index (Phi) is 2.42. The highest BCUT2D eigenvalue weighted by atomic mass is 15.3. The first-order valence-electron chi connectivity index (χ1n) is 6.05. The van der Waals surface area contributed by atoms with Gasteiger partial charge < -0.3 is 21.4 Å². The summed E-state index contributed by atoms with van der Waals surface area (Å²) in [5.74, 6) is 0.530. The van der Waals surface area contributed by atoms with E-state index < -0.39 is 0 Å². The summed E-state index contributed by atoms with van der Waals surface area (Å²) >= 11 is 0. The van der Waals surface area contributed by atoms with Gasteiger partial charge in [0.1, 0.15) is 11.0 Å². The Labute approximate surface area is 121 Å². The van der Waals surface area contributed by atoms with Crippen LogP contribution < -0.4 is 11.5 Å². The van der Waals surface area contributed by atoms with Gasteiger partial charge in [0.05, 0.1) is 12.7 Å². The molecular weight excluding hydrogens is 288 g/mol. The summed E-state index contributed by atoms with van der Waals surface area (Å²) in [6.07, 6.45) is 2.93. The Bertz CT molecular complexity index is 929. The van der Waals surface area contributed by atoms with Gasteiger partial charge in [-0.3, -0.25) is 0 Å². The maximum absolute atomic E-state index is 5.77. The van der Waals surface area contributed by atoms with E-state index in [4.69, 9.17) is 11.5 Å². The Balaban J connectivity index is 1.74. The highest BCUT2D eigenvalue weighted by molar-refractivity contribution is 5.82. The molecule has 0 saturated carbocycles. The van der Waals surface area contributed by atoms with Crippen molar-refractivity contribution in [3.8, 4) is 0 Å². The first-order valence-corrected chi connectivity index (χ1v) is 6.05. The molecule has 0 atom stereocenters. The van der Waals surface area contributed by atoms with E-state index in [-0.39, 0.29) is 23.5 Å². The molecule has 0 saturated heterocycles. The average Bonchev–Trinajstić information content (AvgIpc) is 3.13. The number of hydrogen-bond donors (Lipinski definition) is 4. The van der Waals surface area contributed by atoms with E-state index in [2.05, 4.69) is 50.1 Å². The number of nitrogens with two attached hydrogens (primary N) is 2. The fourth-order valence-corrected chi connectivity index (χ4v) is 1.87. The third kappa shape index (κ3) is 1.86. The summed E-state index contributed by atoms with van der Waals surface area (Å²) in [5.41, 5.74) is 13.4. The van der Waals surface area contributed by atoms with Crippen molar-refractivity contribution in [1.29, 1.82) is 0 Å².